The van der Waals surface area contributed by atoms with Crippen LogP contribution in [-0.4, -0.2) is 58.4 Å². The zero-order chi connectivity index (χ0) is 19.8. The van der Waals surface area contributed by atoms with E-state index in [9.17, 15) is 9.59 Å². The lowest BCUT2D eigenvalue weighted by atomic mass is 10.3. The summed E-state index contributed by atoms with van der Waals surface area (Å²) in [7, 11) is 3.20. The van der Waals surface area contributed by atoms with Crippen molar-refractivity contribution >= 4 is 17.6 Å². The van der Waals surface area contributed by atoms with Gasteiger partial charge in [-0.25, -0.2) is 9.78 Å². The van der Waals surface area contributed by atoms with E-state index in [0.29, 0.717) is 18.9 Å². The molecule has 0 atom stereocenters. The number of rotatable bonds is 3. The third-order valence-electron chi connectivity index (χ3n) is 5.65. The van der Waals surface area contributed by atoms with Crippen LogP contribution in [0, 0.1) is 6.92 Å². The van der Waals surface area contributed by atoms with Crippen molar-refractivity contribution < 1.29 is 0 Å². The van der Waals surface area contributed by atoms with E-state index in [4.69, 9.17) is 4.98 Å². The monoisotopic (exact) mass is 385 g/mol. The van der Waals surface area contributed by atoms with Crippen LogP contribution >= 0.6 is 0 Å². The fourth-order valence-corrected chi connectivity index (χ4v) is 3.95. The van der Waals surface area contributed by atoms with E-state index >= 15 is 0 Å². The molecule has 2 aromatic rings. The molecule has 2 aromatic heterocycles. The van der Waals surface area contributed by atoms with Crippen molar-refractivity contribution in [1.29, 1.82) is 0 Å². The SMILES string of the molecule is Cc1cc(N2CCCC2)nc(N2CCN(c3cc(=O)n(C)c(=O)n3C)CC2)n1. The first kappa shape index (κ1) is 18.5. The van der Waals surface area contributed by atoms with Gasteiger partial charge in [-0.2, -0.15) is 4.98 Å². The number of aryl methyl sites for hydroxylation is 1. The molecule has 4 heterocycles. The summed E-state index contributed by atoms with van der Waals surface area (Å²) in [4.78, 5) is 40.3. The number of hydrogen-bond donors (Lipinski definition) is 0. The Bertz CT molecular complexity index is 983. The molecule has 150 valence electrons. The lowest BCUT2D eigenvalue weighted by molar-refractivity contribution is 0.602. The molecule has 0 aliphatic carbocycles. The van der Waals surface area contributed by atoms with Gasteiger partial charge in [-0.3, -0.25) is 13.9 Å². The Morgan fingerprint density at radius 3 is 2.11 bits per heavy atom. The lowest BCUT2D eigenvalue weighted by Gasteiger charge is -2.36. The van der Waals surface area contributed by atoms with Gasteiger partial charge in [0.2, 0.25) is 5.95 Å². The van der Waals surface area contributed by atoms with Crippen LogP contribution in [0.4, 0.5) is 17.6 Å². The minimum Gasteiger partial charge on any atom is -0.356 e. The van der Waals surface area contributed by atoms with Crippen molar-refractivity contribution in [3.63, 3.8) is 0 Å². The van der Waals surface area contributed by atoms with Gasteiger partial charge in [-0.05, 0) is 19.8 Å². The van der Waals surface area contributed by atoms with Crippen molar-refractivity contribution in [3.8, 4) is 0 Å². The second kappa shape index (κ2) is 7.29. The Morgan fingerprint density at radius 1 is 0.786 bits per heavy atom. The number of aromatic nitrogens is 4. The maximum Gasteiger partial charge on any atom is 0.332 e. The highest BCUT2D eigenvalue weighted by Gasteiger charge is 2.23. The quantitative estimate of drug-likeness (QED) is 0.742. The summed E-state index contributed by atoms with van der Waals surface area (Å²) in [6, 6.07) is 3.59. The maximum atomic E-state index is 12.2. The molecular weight excluding hydrogens is 358 g/mol. The van der Waals surface area contributed by atoms with Gasteiger partial charge in [-0.1, -0.05) is 0 Å². The van der Waals surface area contributed by atoms with Gasteiger partial charge >= 0.3 is 5.69 Å². The Labute approximate surface area is 163 Å². The summed E-state index contributed by atoms with van der Waals surface area (Å²) in [6.45, 7) is 7.02. The van der Waals surface area contributed by atoms with Crippen molar-refractivity contribution in [1.82, 2.24) is 19.1 Å². The molecule has 0 amide bonds. The molecular formula is C19H27N7O2. The van der Waals surface area contributed by atoms with Crippen LogP contribution < -0.4 is 25.9 Å². The molecule has 2 fully saturated rings. The summed E-state index contributed by atoms with van der Waals surface area (Å²) in [6.07, 6.45) is 2.43. The van der Waals surface area contributed by atoms with Crippen LogP contribution in [-0.2, 0) is 14.1 Å². The molecule has 28 heavy (non-hydrogen) atoms. The van der Waals surface area contributed by atoms with E-state index in [-0.39, 0.29) is 11.2 Å². The molecule has 9 heteroatoms. The average Bonchev–Trinajstić information content (AvgIpc) is 3.24. The third kappa shape index (κ3) is 3.36. The number of hydrogen-bond acceptors (Lipinski definition) is 7. The molecule has 2 aliphatic heterocycles. The Hall–Kier alpha value is -2.84. The zero-order valence-electron chi connectivity index (χ0n) is 16.8. The van der Waals surface area contributed by atoms with E-state index < -0.39 is 0 Å². The molecule has 2 aliphatic rings. The third-order valence-corrected chi connectivity index (χ3v) is 5.65. The summed E-state index contributed by atoms with van der Waals surface area (Å²) in [5, 5.41) is 0. The molecule has 2 saturated heterocycles. The molecule has 0 bridgehead atoms. The highest BCUT2D eigenvalue weighted by atomic mass is 16.2. The van der Waals surface area contributed by atoms with Crippen LogP contribution in [0.1, 0.15) is 18.5 Å². The number of nitrogens with zero attached hydrogens (tertiary/aromatic N) is 7. The van der Waals surface area contributed by atoms with E-state index in [0.717, 1.165) is 48.2 Å². The van der Waals surface area contributed by atoms with E-state index in [1.165, 1.54) is 30.5 Å². The highest BCUT2D eigenvalue weighted by Crippen LogP contribution is 2.22. The van der Waals surface area contributed by atoms with Crippen LogP contribution in [0.15, 0.2) is 21.7 Å². The topological polar surface area (TPSA) is 79.5 Å². The summed E-state index contributed by atoms with van der Waals surface area (Å²) < 4.78 is 2.66. The van der Waals surface area contributed by atoms with Gasteiger partial charge in [0.15, 0.2) is 0 Å². The van der Waals surface area contributed by atoms with E-state index in [1.807, 2.05) is 6.92 Å². The second-order valence-electron chi connectivity index (χ2n) is 7.58. The zero-order valence-corrected chi connectivity index (χ0v) is 16.8. The van der Waals surface area contributed by atoms with Crippen molar-refractivity contribution in [2.75, 3.05) is 54.0 Å². The summed E-state index contributed by atoms with van der Waals surface area (Å²) >= 11 is 0. The maximum absolute atomic E-state index is 12.2. The Balaban J connectivity index is 1.52. The van der Waals surface area contributed by atoms with E-state index in [1.54, 1.807) is 7.05 Å². The predicted octanol–water partition coefficient (Wildman–Crippen LogP) is 0.109. The molecule has 0 saturated carbocycles. The van der Waals surface area contributed by atoms with Crippen molar-refractivity contribution in [3.05, 3.63) is 38.7 Å². The van der Waals surface area contributed by atoms with Crippen LogP contribution in [0.2, 0.25) is 0 Å². The predicted molar refractivity (Wildman–Crippen MR) is 110 cm³/mol. The Morgan fingerprint density at radius 2 is 1.43 bits per heavy atom. The minimum atomic E-state index is -0.304. The summed E-state index contributed by atoms with van der Waals surface area (Å²) in [5.41, 5.74) is 0.392. The van der Waals surface area contributed by atoms with Gasteiger partial charge in [-0.15, -0.1) is 0 Å². The van der Waals surface area contributed by atoms with Crippen LogP contribution in [0.5, 0.6) is 0 Å². The fraction of sp³-hybridized carbons (Fsp3) is 0.579. The first-order chi connectivity index (χ1) is 13.4. The molecule has 9 nitrogen and oxygen atoms in total. The van der Waals surface area contributed by atoms with Gasteiger partial charge in [0, 0.05) is 71.2 Å². The fourth-order valence-electron chi connectivity index (χ4n) is 3.95. The van der Waals surface area contributed by atoms with Gasteiger partial charge < -0.3 is 14.7 Å². The largest absolute Gasteiger partial charge is 0.356 e. The van der Waals surface area contributed by atoms with E-state index in [2.05, 4.69) is 25.8 Å². The standard InChI is InChI=1S/C19H27N7O2/c1-14-12-15(24-6-4-5-7-24)21-18(20-14)26-10-8-25(9-11-26)16-13-17(27)23(3)19(28)22(16)2/h12-13H,4-11H2,1-3H3. The van der Waals surface area contributed by atoms with Gasteiger partial charge in [0.1, 0.15) is 11.6 Å². The summed E-state index contributed by atoms with van der Waals surface area (Å²) in [5.74, 6) is 2.44. The molecule has 0 aromatic carbocycles. The highest BCUT2D eigenvalue weighted by molar-refractivity contribution is 5.48. The Kier molecular flexibility index (Phi) is 4.82. The van der Waals surface area contributed by atoms with Crippen molar-refractivity contribution in [2.45, 2.75) is 19.8 Å². The van der Waals surface area contributed by atoms with Crippen LogP contribution in [0.25, 0.3) is 0 Å². The molecule has 0 radical (unpaired) electrons. The first-order valence-corrected chi connectivity index (χ1v) is 9.81. The van der Waals surface area contributed by atoms with Crippen LogP contribution in [0.3, 0.4) is 0 Å². The molecule has 0 unspecified atom stereocenters. The normalized spacial score (nSPS) is 17.5. The molecule has 4 rings (SSSR count). The minimum absolute atomic E-state index is 0.280. The number of anilines is 3. The molecule has 0 N–H and O–H groups in total. The van der Waals surface area contributed by atoms with Gasteiger partial charge in [0.05, 0.1) is 0 Å². The average molecular weight is 385 g/mol. The molecule has 0 spiro atoms. The first-order valence-electron chi connectivity index (χ1n) is 9.81. The number of piperazine rings is 1. The lowest BCUT2D eigenvalue weighted by Crippen LogP contribution is -2.50. The van der Waals surface area contributed by atoms with Crippen molar-refractivity contribution in [2.24, 2.45) is 14.1 Å². The van der Waals surface area contributed by atoms with Gasteiger partial charge in [0.25, 0.3) is 5.56 Å². The smallest absolute Gasteiger partial charge is 0.332 e. The second-order valence-corrected chi connectivity index (χ2v) is 7.58.